The molecular weight excluding hydrogens is 478 g/mol. The minimum Gasteiger partial charge on any atom is -0.507 e. The zero-order valence-corrected chi connectivity index (χ0v) is 20.3. The van der Waals surface area contributed by atoms with E-state index >= 15 is 0 Å². The first-order valence-electron chi connectivity index (χ1n) is 12.2. The fourth-order valence-corrected chi connectivity index (χ4v) is 5.25. The second kappa shape index (κ2) is 9.76. The molecule has 5 rings (SSSR count). The number of nitrogens with zero attached hydrogens (tertiary/aromatic N) is 2. The number of phenolic OH excluding ortho intramolecular Hbond substituents is 1. The Hall–Kier alpha value is -4.07. The van der Waals surface area contributed by atoms with Crippen LogP contribution in [0.25, 0.3) is 0 Å². The molecule has 1 fully saturated rings. The number of phenols is 1. The maximum Gasteiger partial charge on any atom is 0.261 e. The highest BCUT2D eigenvalue weighted by Crippen LogP contribution is 2.30. The normalized spacial score (nSPS) is 15.9. The van der Waals surface area contributed by atoms with Crippen LogP contribution in [0.5, 0.6) is 5.75 Å². The molecule has 0 unspecified atom stereocenters. The van der Waals surface area contributed by atoms with Crippen molar-refractivity contribution in [2.45, 2.75) is 32.7 Å². The summed E-state index contributed by atoms with van der Waals surface area (Å²) in [4.78, 5) is 41.7. The molecular formula is C29H26F2N2O4. The largest absolute Gasteiger partial charge is 0.507 e. The van der Waals surface area contributed by atoms with Crippen molar-refractivity contribution in [2.24, 2.45) is 5.92 Å². The van der Waals surface area contributed by atoms with Gasteiger partial charge in [-0.1, -0.05) is 18.2 Å². The Morgan fingerprint density at radius 3 is 2.11 bits per heavy atom. The molecule has 0 saturated carbocycles. The van der Waals surface area contributed by atoms with Crippen molar-refractivity contribution < 1.29 is 28.3 Å². The van der Waals surface area contributed by atoms with Crippen LogP contribution in [-0.2, 0) is 13.0 Å². The van der Waals surface area contributed by atoms with Crippen molar-refractivity contribution in [1.82, 2.24) is 9.80 Å². The monoisotopic (exact) mass is 504 g/mol. The summed E-state index contributed by atoms with van der Waals surface area (Å²) >= 11 is 0. The summed E-state index contributed by atoms with van der Waals surface area (Å²) in [6.07, 6.45) is 1.85. The van der Waals surface area contributed by atoms with Crippen molar-refractivity contribution >= 4 is 17.7 Å². The zero-order chi connectivity index (χ0) is 26.3. The molecule has 3 aromatic rings. The van der Waals surface area contributed by atoms with Crippen molar-refractivity contribution in [2.75, 3.05) is 13.1 Å². The van der Waals surface area contributed by atoms with Crippen LogP contribution < -0.4 is 0 Å². The minimum absolute atomic E-state index is 0.0139. The van der Waals surface area contributed by atoms with Gasteiger partial charge in [0.15, 0.2) is 0 Å². The van der Waals surface area contributed by atoms with Crippen LogP contribution in [-0.4, -0.2) is 45.7 Å². The predicted octanol–water partition coefficient (Wildman–Crippen LogP) is 4.87. The van der Waals surface area contributed by atoms with Gasteiger partial charge in [-0.15, -0.1) is 0 Å². The van der Waals surface area contributed by atoms with E-state index in [2.05, 4.69) is 0 Å². The Morgan fingerprint density at radius 1 is 0.919 bits per heavy atom. The first-order valence-corrected chi connectivity index (χ1v) is 12.2. The first-order chi connectivity index (χ1) is 17.7. The van der Waals surface area contributed by atoms with Crippen molar-refractivity contribution in [3.63, 3.8) is 0 Å². The molecule has 0 aromatic heterocycles. The summed E-state index contributed by atoms with van der Waals surface area (Å²) in [5.74, 6) is -2.27. The summed E-state index contributed by atoms with van der Waals surface area (Å²) in [5.41, 5.74) is 2.46. The molecule has 0 radical (unpaired) electrons. The van der Waals surface area contributed by atoms with Gasteiger partial charge in [0.2, 0.25) is 0 Å². The van der Waals surface area contributed by atoms with Crippen LogP contribution in [0.2, 0.25) is 0 Å². The third-order valence-electron chi connectivity index (χ3n) is 7.16. The quantitative estimate of drug-likeness (QED) is 0.503. The smallest absolute Gasteiger partial charge is 0.261 e. The van der Waals surface area contributed by atoms with Crippen LogP contribution in [0.15, 0.2) is 54.6 Å². The number of likely N-dealkylation sites (tertiary alicyclic amines) is 1. The fourth-order valence-electron chi connectivity index (χ4n) is 5.25. The van der Waals surface area contributed by atoms with Crippen molar-refractivity contribution in [3.8, 4) is 5.75 Å². The molecule has 37 heavy (non-hydrogen) atoms. The Labute approximate surface area is 213 Å². The van der Waals surface area contributed by atoms with Gasteiger partial charge < -0.3 is 10.0 Å². The number of rotatable bonds is 5. The molecule has 3 amide bonds. The lowest BCUT2D eigenvalue weighted by Gasteiger charge is -2.32. The highest BCUT2D eigenvalue weighted by Gasteiger charge is 2.35. The van der Waals surface area contributed by atoms with Gasteiger partial charge in [0.05, 0.1) is 23.2 Å². The average Bonchev–Trinajstić information content (AvgIpc) is 3.10. The van der Waals surface area contributed by atoms with Crippen LogP contribution in [0.1, 0.15) is 60.6 Å². The SMILES string of the molecule is Cc1cc(CN2C(=O)c3ccccc3C2=O)cc(C(=O)N2CCC(Cc3cc(F)cc(F)c3)CC2)c1O. The molecule has 0 atom stereocenters. The number of aryl methyl sites for hydroxylation is 1. The number of benzene rings is 3. The van der Waals surface area contributed by atoms with E-state index in [0.717, 1.165) is 11.0 Å². The summed E-state index contributed by atoms with van der Waals surface area (Å²) in [6, 6.07) is 13.4. The summed E-state index contributed by atoms with van der Waals surface area (Å²) in [5, 5.41) is 10.7. The Balaban J connectivity index is 1.28. The van der Waals surface area contributed by atoms with Crippen LogP contribution in [0.4, 0.5) is 8.78 Å². The molecule has 2 aliphatic heterocycles. The van der Waals surface area contributed by atoms with Crippen LogP contribution >= 0.6 is 0 Å². The van der Waals surface area contributed by atoms with E-state index in [1.165, 1.54) is 18.2 Å². The van der Waals surface area contributed by atoms with E-state index in [-0.39, 0.29) is 41.5 Å². The van der Waals surface area contributed by atoms with Gasteiger partial charge in [0.1, 0.15) is 17.4 Å². The summed E-state index contributed by atoms with van der Waals surface area (Å²) in [7, 11) is 0. The van der Waals surface area contributed by atoms with Gasteiger partial charge in [0.25, 0.3) is 17.7 Å². The van der Waals surface area contributed by atoms with Crippen LogP contribution in [0, 0.1) is 24.5 Å². The molecule has 190 valence electrons. The highest BCUT2D eigenvalue weighted by atomic mass is 19.1. The number of hydrogen-bond donors (Lipinski definition) is 1. The first kappa shape index (κ1) is 24.6. The highest BCUT2D eigenvalue weighted by molar-refractivity contribution is 6.21. The number of imide groups is 1. The third-order valence-corrected chi connectivity index (χ3v) is 7.16. The van der Waals surface area contributed by atoms with Crippen LogP contribution in [0.3, 0.4) is 0 Å². The molecule has 0 aliphatic carbocycles. The molecule has 3 aromatic carbocycles. The van der Waals surface area contributed by atoms with E-state index < -0.39 is 11.6 Å². The van der Waals surface area contributed by atoms with Gasteiger partial charge >= 0.3 is 0 Å². The summed E-state index contributed by atoms with van der Waals surface area (Å²) in [6.45, 7) is 2.55. The van der Waals surface area contributed by atoms with E-state index in [0.29, 0.717) is 60.2 Å². The molecule has 1 saturated heterocycles. The molecule has 0 bridgehead atoms. The zero-order valence-electron chi connectivity index (χ0n) is 20.3. The van der Waals surface area contributed by atoms with Crippen molar-refractivity contribution in [3.05, 3.63) is 99.6 Å². The number of aromatic hydroxyl groups is 1. The van der Waals surface area contributed by atoms with E-state index in [1.807, 2.05) is 0 Å². The number of halogens is 2. The number of carbonyl (C=O) groups is 3. The van der Waals surface area contributed by atoms with Gasteiger partial charge in [0, 0.05) is 19.2 Å². The average molecular weight is 505 g/mol. The Kier molecular flexibility index (Phi) is 6.50. The number of hydrogen-bond acceptors (Lipinski definition) is 4. The van der Waals surface area contributed by atoms with Gasteiger partial charge in [-0.3, -0.25) is 19.3 Å². The number of amides is 3. The second-order valence-corrected chi connectivity index (χ2v) is 9.77. The van der Waals surface area contributed by atoms with Gasteiger partial charge in [-0.2, -0.15) is 0 Å². The lowest BCUT2D eigenvalue weighted by Crippen LogP contribution is -2.39. The molecule has 0 spiro atoms. The predicted molar refractivity (Wildman–Crippen MR) is 132 cm³/mol. The number of carbonyl (C=O) groups excluding carboxylic acids is 3. The molecule has 6 nitrogen and oxygen atoms in total. The number of fused-ring (bicyclic) bond motifs is 1. The van der Waals surface area contributed by atoms with Gasteiger partial charge in [-0.25, -0.2) is 8.78 Å². The Bertz CT molecular complexity index is 1360. The molecule has 8 heteroatoms. The topological polar surface area (TPSA) is 77.9 Å². The second-order valence-electron chi connectivity index (χ2n) is 9.77. The lowest BCUT2D eigenvalue weighted by atomic mass is 9.89. The summed E-state index contributed by atoms with van der Waals surface area (Å²) < 4.78 is 27.0. The van der Waals surface area contributed by atoms with Gasteiger partial charge in [-0.05, 0) is 79.1 Å². The maximum absolute atomic E-state index is 13.5. The van der Waals surface area contributed by atoms with Crippen molar-refractivity contribution in [1.29, 1.82) is 0 Å². The van der Waals surface area contributed by atoms with E-state index in [4.69, 9.17) is 0 Å². The van der Waals surface area contributed by atoms with E-state index in [1.54, 1.807) is 42.2 Å². The van der Waals surface area contributed by atoms with E-state index in [9.17, 15) is 28.3 Å². The maximum atomic E-state index is 13.5. The lowest BCUT2D eigenvalue weighted by molar-refractivity contribution is 0.0641. The standard InChI is InChI=1S/C29H26F2N2O4/c1-17-10-20(16-33-28(36)23-4-2-3-5-24(23)29(33)37)14-25(26(17)34)27(35)32-8-6-18(7-9-32)11-19-12-21(30)15-22(31)13-19/h2-5,10,12-15,18,34H,6-9,11,16H2,1H3. The molecule has 1 N–H and O–H groups in total. The molecule has 2 aliphatic rings. The minimum atomic E-state index is -0.602. The number of piperidine rings is 1. The fraction of sp³-hybridized carbons (Fsp3) is 0.276. The molecule has 2 heterocycles. The Morgan fingerprint density at radius 2 is 1.51 bits per heavy atom. The third kappa shape index (κ3) is 4.83.